The van der Waals surface area contributed by atoms with E-state index in [-0.39, 0.29) is 12.6 Å². The molecule has 0 aliphatic carbocycles. The fraction of sp³-hybridized carbons (Fsp3) is 0.200. The van der Waals surface area contributed by atoms with Gasteiger partial charge in [0.15, 0.2) is 0 Å². The van der Waals surface area contributed by atoms with Crippen LogP contribution in [0.25, 0.3) is 5.70 Å². The van der Waals surface area contributed by atoms with Gasteiger partial charge in [-0.05, 0) is 18.1 Å². The van der Waals surface area contributed by atoms with Gasteiger partial charge in [-0.15, -0.1) is 0 Å². The third-order valence-corrected chi connectivity index (χ3v) is 4.13. The average Bonchev–Trinajstić information content (AvgIpc) is 2.65. The Balaban J connectivity index is 2.23. The topological polar surface area (TPSA) is 58.6 Å². The van der Waals surface area contributed by atoms with Crippen molar-refractivity contribution in [2.45, 2.75) is 13.0 Å². The zero-order valence-electron chi connectivity index (χ0n) is 14.2. The summed E-state index contributed by atoms with van der Waals surface area (Å²) in [6, 6.07) is 18.0. The monoisotopic (exact) mass is 336 g/mol. The lowest BCUT2D eigenvalue weighted by atomic mass is 9.92. The van der Waals surface area contributed by atoms with Gasteiger partial charge in [-0.2, -0.15) is 0 Å². The number of hydrogen-bond acceptors (Lipinski definition) is 3. The van der Waals surface area contributed by atoms with Crippen LogP contribution in [0, 0.1) is 0 Å². The highest BCUT2D eigenvalue weighted by Gasteiger charge is 2.37. The molecule has 1 heterocycles. The van der Waals surface area contributed by atoms with Crippen LogP contribution >= 0.6 is 0 Å². The van der Waals surface area contributed by atoms with Gasteiger partial charge in [0, 0.05) is 7.05 Å². The Morgan fingerprint density at radius 2 is 1.68 bits per heavy atom. The summed E-state index contributed by atoms with van der Waals surface area (Å²) in [4.78, 5) is 26.7. The Morgan fingerprint density at radius 1 is 1.08 bits per heavy atom. The first-order valence-corrected chi connectivity index (χ1v) is 8.19. The lowest BCUT2D eigenvalue weighted by molar-refractivity contribution is -0.138. The number of rotatable bonds is 4. The molecule has 0 radical (unpaired) electrons. The average molecular weight is 336 g/mol. The normalized spacial score (nSPS) is 17.3. The SMILES string of the molecule is CCOC(=O)C1=C(c2ccccc2)N(C)C(=O)N[C@H]1c1ccccc1. The van der Waals surface area contributed by atoms with Crippen molar-refractivity contribution in [3.05, 3.63) is 77.4 Å². The quantitative estimate of drug-likeness (QED) is 0.871. The molecular formula is C20H20N2O3. The van der Waals surface area contributed by atoms with Crippen LogP contribution in [-0.2, 0) is 9.53 Å². The molecule has 1 N–H and O–H groups in total. The van der Waals surface area contributed by atoms with E-state index < -0.39 is 12.0 Å². The minimum Gasteiger partial charge on any atom is -0.463 e. The van der Waals surface area contributed by atoms with Crippen LogP contribution in [0.5, 0.6) is 0 Å². The molecule has 0 saturated heterocycles. The van der Waals surface area contributed by atoms with Crippen LogP contribution in [0.15, 0.2) is 66.2 Å². The van der Waals surface area contributed by atoms with E-state index >= 15 is 0 Å². The largest absolute Gasteiger partial charge is 0.463 e. The second-order valence-corrected chi connectivity index (χ2v) is 5.70. The lowest BCUT2D eigenvalue weighted by Gasteiger charge is -2.34. The molecule has 2 aromatic carbocycles. The van der Waals surface area contributed by atoms with Crippen LogP contribution in [0.1, 0.15) is 24.1 Å². The third-order valence-electron chi connectivity index (χ3n) is 4.13. The van der Waals surface area contributed by atoms with Gasteiger partial charge in [-0.25, -0.2) is 9.59 Å². The molecule has 0 unspecified atom stereocenters. The molecule has 1 atom stereocenters. The number of esters is 1. The Labute approximate surface area is 146 Å². The minimum absolute atomic E-state index is 0.263. The van der Waals surface area contributed by atoms with E-state index in [0.717, 1.165) is 11.1 Å². The second-order valence-electron chi connectivity index (χ2n) is 5.70. The van der Waals surface area contributed by atoms with Gasteiger partial charge in [0.2, 0.25) is 0 Å². The van der Waals surface area contributed by atoms with Crippen LogP contribution in [-0.4, -0.2) is 30.6 Å². The molecule has 1 aliphatic rings. The summed E-state index contributed by atoms with van der Waals surface area (Å²) in [6.45, 7) is 2.03. The van der Waals surface area contributed by atoms with Crippen molar-refractivity contribution in [1.29, 1.82) is 0 Å². The Bertz CT molecular complexity index is 800. The number of ether oxygens (including phenoxy) is 1. The van der Waals surface area contributed by atoms with E-state index in [1.165, 1.54) is 4.90 Å². The summed E-state index contributed by atoms with van der Waals surface area (Å²) in [7, 11) is 1.65. The predicted octanol–water partition coefficient (Wildman–Crippen LogP) is 3.36. The van der Waals surface area contributed by atoms with Crippen molar-refractivity contribution < 1.29 is 14.3 Å². The van der Waals surface area contributed by atoms with Crippen molar-refractivity contribution in [3.8, 4) is 0 Å². The van der Waals surface area contributed by atoms with Gasteiger partial charge in [0.05, 0.1) is 23.9 Å². The molecule has 2 aromatic rings. The number of carbonyl (C=O) groups excluding carboxylic acids is 2. The van der Waals surface area contributed by atoms with Crippen LogP contribution < -0.4 is 5.32 Å². The molecule has 1 aliphatic heterocycles. The zero-order chi connectivity index (χ0) is 17.8. The molecule has 0 fully saturated rings. The molecule has 5 heteroatoms. The van der Waals surface area contributed by atoms with Gasteiger partial charge in [-0.3, -0.25) is 4.90 Å². The number of carbonyl (C=O) groups is 2. The van der Waals surface area contributed by atoms with Crippen molar-refractivity contribution in [2.24, 2.45) is 0 Å². The summed E-state index contributed by atoms with van der Waals surface area (Å²) in [6.07, 6.45) is 0. The third kappa shape index (κ3) is 3.26. The summed E-state index contributed by atoms with van der Waals surface area (Å²) in [5.41, 5.74) is 2.63. The number of hydrogen-bond donors (Lipinski definition) is 1. The van der Waals surface area contributed by atoms with Crippen molar-refractivity contribution in [2.75, 3.05) is 13.7 Å². The first-order chi connectivity index (χ1) is 12.1. The summed E-state index contributed by atoms with van der Waals surface area (Å²) >= 11 is 0. The van der Waals surface area contributed by atoms with Gasteiger partial charge >= 0.3 is 12.0 Å². The molecule has 25 heavy (non-hydrogen) atoms. The van der Waals surface area contributed by atoms with Gasteiger partial charge in [-0.1, -0.05) is 60.7 Å². The van der Waals surface area contributed by atoms with Crippen LogP contribution in [0.3, 0.4) is 0 Å². The number of benzene rings is 2. The highest BCUT2D eigenvalue weighted by atomic mass is 16.5. The van der Waals surface area contributed by atoms with Crippen molar-refractivity contribution in [1.82, 2.24) is 10.2 Å². The Hall–Kier alpha value is -3.08. The highest BCUT2D eigenvalue weighted by Crippen LogP contribution is 2.35. The molecule has 3 rings (SSSR count). The van der Waals surface area contributed by atoms with Gasteiger partial charge in [0.1, 0.15) is 0 Å². The molecule has 0 spiro atoms. The highest BCUT2D eigenvalue weighted by molar-refractivity contribution is 6.04. The zero-order valence-corrected chi connectivity index (χ0v) is 14.2. The van der Waals surface area contributed by atoms with Crippen molar-refractivity contribution >= 4 is 17.7 Å². The molecule has 5 nitrogen and oxygen atoms in total. The molecule has 128 valence electrons. The minimum atomic E-state index is -0.556. The maximum atomic E-state index is 12.8. The molecule has 2 amide bonds. The lowest BCUT2D eigenvalue weighted by Crippen LogP contribution is -2.46. The molecule has 0 saturated carbocycles. The first-order valence-electron chi connectivity index (χ1n) is 8.19. The summed E-state index contributed by atoms with van der Waals surface area (Å²) in [5, 5.41) is 2.90. The Kier molecular flexibility index (Phi) is 4.84. The molecule has 0 aromatic heterocycles. The number of urea groups is 1. The number of nitrogens with zero attached hydrogens (tertiary/aromatic N) is 1. The predicted molar refractivity (Wildman–Crippen MR) is 95.5 cm³/mol. The van der Waals surface area contributed by atoms with E-state index in [1.807, 2.05) is 60.7 Å². The van der Waals surface area contributed by atoms with E-state index in [1.54, 1.807) is 14.0 Å². The van der Waals surface area contributed by atoms with Gasteiger partial charge < -0.3 is 10.1 Å². The van der Waals surface area contributed by atoms with Crippen LogP contribution in [0.4, 0.5) is 4.79 Å². The van der Waals surface area contributed by atoms with E-state index in [9.17, 15) is 9.59 Å². The summed E-state index contributed by atoms with van der Waals surface area (Å²) < 4.78 is 5.29. The smallest absolute Gasteiger partial charge is 0.338 e. The van der Waals surface area contributed by atoms with E-state index in [4.69, 9.17) is 4.74 Å². The van der Waals surface area contributed by atoms with Crippen LogP contribution in [0.2, 0.25) is 0 Å². The van der Waals surface area contributed by atoms with Crippen molar-refractivity contribution in [3.63, 3.8) is 0 Å². The fourth-order valence-electron chi connectivity index (χ4n) is 2.98. The van der Waals surface area contributed by atoms with Gasteiger partial charge in [0.25, 0.3) is 0 Å². The van der Waals surface area contributed by atoms with E-state index in [0.29, 0.717) is 11.3 Å². The maximum Gasteiger partial charge on any atom is 0.338 e. The second kappa shape index (κ2) is 7.21. The fourth-order valence-corrected chi connectivity index (χ4v) is 2.98. The number of nitrogens with one attached hydrogen (secondary N) is 1. The summed E-state index contributed by atoms with van der Waals surface area (Å²) in [5.74, 6) is -0.429. The van der Waals surface area contributed by atoms with E-state index in [2.05, 4.69) is 5.32 Å². The first kappa shape index (κ1) is 16.8. The standard InChI is InChI=1S/C20H20N2O3/c1-3-25-19(23)16-17(14-10-6-4-7-11-14)21-20(24)22(2)18(16)15-12-8-5-9-13-15/h4-13,17H,3H2,1-2H3,(H,21,24)/t17-/m0/s1. The molecule has 0 bridgehead atoms. The Morgan fingerprint density at radius 3 is 2.28 bits per heavy atom. The maximum absolute atomic E-state index is 12.8. The molecular weight excluding hydrogens is 316 g/mol. The number of amides is 2.